The molecule has 2 aromatic rings. The Hall–Kier alpha value is -1.52. The molecule has 0 heterocycles. The van der Waals surface area contributed by atoms with Gasteiger partial charge in [0.15, 0.2) is 0 Å². The molecule has 0 spiro atoms. The van der Waals surface area contributed by atoms with Crippen molar-refractivity contribution in [2.24, 2.45) is 0 Å². The van der Waals surface area contributed by atoms with Crippen LogP contribution < -0.4 is 0 Å². The molecular formula is C15H14BrO3. The minimum atomic E-state index is 0.0230. The predicted molar refractivity (Wildman–Crippen MR) is 77.3 cm³/mol. The summed E-state index contributed by atoms with van der Waals surface area (Å²) in [7, 11) is 1.62. The Morgan fingerprint density at radius 1 is 1.21 bits per heavy atom. The fourth-order valence-corrected chi connectivity index (χ4v) is 2.51. The fraction of sp³-hybridized carbons (Fsp3) is 0.200. The molecule has 2 N–H and O–H groups in total. The summed E-state index contributed by atoms with van der Waals surface area (Å²) in [6.07, 6.45) is 0.590. The Bertz CT molecular complexity index is 567. The van der Waals surface area contributed by atoms with Crippen molar-refractivity contribution in [1.29, 1.82) is 0 Å². The zero-order valence-corrected chi connectivity index (χ0v) is 12.1. The molecular weight excluding hydrogens is 308 g/mol. The molecule has 0 fully saturated rings. The first-order valence-electron chi connectivity index (χ1n) is 5.84. The number of phenolic OH excluding ortho intramolecular Hbond substituents is 2. The summed E-state index contributed by atoms with van der Waals surface area (Å²) in [5, 5.41) is 19.9. The topological polar surface area (TPSA) is 49.7 Å². The predicted octanol–water partition coefficient (Wildman–Crippen LogP) is 3.52. The summed E-state index contributed by atoms with van der Waals surface area (Å²) >= 11 is 3.37. The molecule has 0 bridgehead atoms. The van der Waals surface area contributed by atoms with Crippen LogP contribution in [-0.2, 0) is 11.2 Å². The lowest BCUT2D eigenvalue weighted by molar-refractivity contribution is 0.202. The minimum absolute atomic E-state index is 0.0230. The number of ether oxygens (including phenoxy) is 1. The highest BCUT2D eigenvalue weighted by atomic mass is 79.9. The second kappa shape index (κ2) is 6.08. The Kier molecular flexibility index (Phi) is 4.45. The van der Waals surface area contributed by atoms with Crippen molar-refractivity contribution in [1.82, 2.24) is 0 Å². The van der Waals surface area contributed by atoms with Crippen molar-refractivity contribution >= 4 is 15.9 Å². The van der Waals surface area contributed by atoms with Crippen LogP contribution in [0.1, 0.15) is 5.56 Å². The molecule has 0 unspecified atom stereocenters. The number of benzene rings is 2. The smallest absolute Gasteiger partial charge is 0.133 e. The van der Waals surface area contributed by atoms with E-state index < -0.39 is 0 Å². The van der Waals surface area contributed by atoms with Gasteiger partial charge in [-0.25, -0.2) is 0 Å². The van der Waals surface area contributed by atoms with Gasteiger partial charge in [-0.05, 0) is 39.5 Å². The second-order valence-corrected chi connectivity index (χ2v) is 4.91. The van der Waals surface area contributed by atoms with E-state index in [9.17, 15) is 10.2 Å². The molecule has 0 aliphatic carbocycles. The van der Waals surface area contributed by atoms with Gasteiger partial charge in [-0.3, -0.25) is 0 Å². The van der Waals surface area contributed by atoms with E-state index in [0.717, 1.165) is 11.1 Å². The lowest BCUT2D eigenvalue weighted by atomic mass is 9.96. The van der Waals surface area contributed by atoms with E-state index in [1.165, 1.54) is 6.07 Å². The van der Waals surface area contributed by atoms with Crippen LogP contribution in [0, 0.1) is 6.07 Å². The van der Waals surface area contributed by atoms with Crippen molar-refractivity contribution in [3.63, 3.8) is 0 Å². The first-order valence-corrected chi connectivity index (χ1v) is 6.63. The van der Waals surface area contributed by atoms with Gasteiger partial charge < -0.3 is 14.9 Å². The van der Waals surface area contributed by atoms with E-state index in [4.69, 9.17) is 4.74 Å². The van der Waals surface area contributed by atoms with Crippen molar-refractivity contribution in [2.75, 3.05) is 13.7 Å². The molecule has 2 aromatic carbocycles. The van der Waals surface area contributed by atoms with Gasteiger partial charge in [0.05, 0.1) is 11.1 Å². The quantitative estimate of drug-likeness (QED) is 0.905. The van der Waals surface area contributed by atoms with Gasteiger partial charge >= 0.3 is 0 Å². The summed E-state index contributed by atoms with van der Waals surface area (Å²) in [5.41, 5.74) is 2.41. The monoisotopic (exact) mass is 321 g/mol. The average molecular weight is 322 g/mol. The summed E-state index contributed by atoms with van der Waals surface area (Å²) < 4.78 is 5.67. The molecule has 0 amide bonds. The number of aromatic hydroxyl groups is 2. The molecule has 0 atom stereocenters. The molecule has 0 saturated heterocycles. The van der Waals surface area contributed by atoms with E-state index in [0.29, 0.717) is 23.1 Å². The minimum Gasteiger partial charge on any atom is -0.507 e. The highest BCUT2D eigenvalue weighted by Gasteiger charge is 2.17. The normalized spacial score (nSPS) is 10.6. The van der Waals surface area contributed by atoms with Gasteiger partial charge in [0.25, 0.3) is 0 Å². The number of rotatable bonds is 4. The van der Waals surface area contributed by atoms with Crippen molar-refractivity contribution in [3.8, 4) is 22.6 Å². The second-order valence-electron chi connectivity index (χ2n) is 4.11. The van der Waals surface area contributed by atoms with Crippen molar-refractivity contribution in [3.05, 3.63) is 46.4 Å². The van der Waals surface area contributed by atoms with E-state index >= 15 is 0 Å². The zero-order chi connectivity index (χ0) is 13.8. The van der Waals surface area contributed by atoms with Gasteiger partial charge in [-0.1, -0.05) is 24.3 Å². The van der Waals surface area contributed by atoms with Crippen molar-refractivity contribution in [2.45, 2.75) is 6.42 Å². The number of hydrogen-bond donors (Lipinski definition) is 2. The molecule has 99 valence electrons. The van der Waals surface area contributed by atoms with Crippen LogP contribution in [-0.4, -0.2) is 23.9 Å². The number of halogens is 1. The van der Waals surface area contributed by atoms with Gasteiger partial charge in [-0.15, -0.1) is 0 Å². The SMILES string of the molecule is COCCc1c(Br)c(O)cc(O)c1-c1cc[c]cc1. The van der Waals surface area contributed by atoms with Crippen LogP contribution in [0.15, 0.2) is 34.8 Å². The highest BCUT2D eigenvalue weighted by molar-refractivity contribution is 9.10. The van der Waals surface area contributed by atoms with Crippen LogP contribution in [0.4, 0.5) is 0 Å². The van der Waals surface area contributed by atoms with Crippen LogP contribution in [0.3, 0.4) is 0 Å². The molecule has 3 nitrogen and oxygen atoms in total. The summed E-state index contributed by atoms with van der Waals surface area (Å²) in [6, 6.07) is 11.6. The third-order valence-corrected chi connectivity index (χ3v) is 3.77. The number of phenols is 2. The Labute approximate surface area is 120 Å². The maximum atomic E-state index is 10.1. The Balaban J connectivity index is 2.61. The third kappa shape index (κ3) is 2.91. The lowest BCUT2D eigenvalue weighted by Gasteiger charge is -2.15. The maximum Gasteiger partial charge on any atom is 0.133 e. The molecule has 0 aromatic heterocycles. The van der Waals surface area contributed by atoms with Crippen LogP contribution >= 0.6 is 15.9 Å². The standard InChI is InChI=1S/C15H14BrO3/c1-19-8-7-11-14(10-5-3-2-4-6-10)12(17)9-13(18)15(11)16/h3-6,9,17-18H,7-8H2,1H3. The van der Waals surface area contributed by atoms with Gasteiger partial charge in [0.2, 0.25) is 0 Å². The first-order chi connectivity index (χ1) is 9.15. The summed E-state index contributed by atoms with van der Waals surface area (Å²) in [6.45, 7) is 0.507. The molecule has 1 radical (unpaired) electrons. The highest BCUT2D eigenvalue weighted by Crippen LogP contribution is 2.42. The van der Waals surface area contributed by atoms with Gasteiger partial charge in [0.1, 0.15) is 11.5 Å². The zero-order valence-electron chi connectivity index (χ0n) is 10.5. The van der Waals surface area contributed by atoms with E-state index in [2.05, 4.69) is 22.0 Å². The maximum absolute atomic E-state index is 10.1. The molecule has 4 heteroatoms. The van der Waals surface area contributed by atoms with Gasteiger partial charge in [-0.2, -0.15) is 0 Å². The van der Waals surface area contributed by atoms with E-state index in [1.54, 1.807) is 19.2 Å². The first kappa shape index (κ1) is 13.9. The summed E-state index contributed by atoms with van der Waals surface area (Å²) in [4.78, 5) is 0. The summed E-state index contributed by atoms with van der Waals surface area (Å²) in [5.74, 6) is 0.0767. The lowest BCUT2D eigenvalue weighted by Crippen LogP contribution is -1.99. The van der Waals surface area contributed by atoms with E-state index in [1.807, 2.05) is 12.1 Å². The van der Waals surface area contributed by atoms with Crippen molar-refractivity contribution < 1.29 is 14.9 Å². The third-order valence-electron chi connectivity index (χ3n) is 2.88. The van der Waals surface area contributed by atoms with E-state index in [-0.39, 0.29) is 11.5 Å². The molecule has 0 aliphatic heterocycles. The van der Waals surface area contributed by atoms with Gasteiger partial charge in [0, 0.05) is 18.7 Å². The molecule has 0 saturated carbocycles. The van der Waals surface area contributed by atoms with Crippen LogP contribution in [0.25, 0.3) is 11.1 Å². The van der Waals surface area contributed by atoms with Crippen LogP contribution in [0.2, 0.25) is 0 Å². The number of hydrogen-bond acceptors (Lipinski definition) is 3. The van der Waals surface area contributed by atoms with Crippen LogP contribution in [0.5, 0.6) is 11.5 Å². The average Bonchev–Trinajstić information content (AvgIpc) is 2.42. The molecule has 2 rings (SSSR count). The number of methoxy groups -OCH3 is 1. The largest absolute Gasteiger partial charge is 0.507 e. The Morgan fingerprint density at radius 2 is 1.89 bits per heavy atom. The molecule has 0 aliphatic rings. The molecule has 19 heavy (non-hydrogen) atoms. The Morgan fingerprint density at radius 3 is 2.53 bits per heavy atom. The fourth-order valence-electron chi connectivity index (χ4n) is 2.00.